The van der Waals surface area contributed by atoms with Gasteiger partial charge in [-0.1, -0.05) is 51.1 Å². The summed E-state index contributed by atoms with van der Waals surface area (Å²) in [6, 6.07) is 21.2. The van der Waals surface area contributed by atoms with E-state index in [4.69, 9.17) is 4.74 Å². The van der Waals surface area contributed by atoms with Gasteiger partial charge in [0.05, 0.1) is 11.9 Å². The third-order valence-corrected chi connectivity index (χ3v) is 6.59. The van der Waals surface area contributed by atoms with Gasteiger partial charge in [-0.15, -0.1) is 0 Å². The minimum absolute atomic E-state index is 0.0513. The number of rotatable bonds is 8. The summed E-state index contributed by atoms with van der Waals surface area (Å²) >= 11 is 0. The van der Waals surface area contributed by atoms with Crippen molar-refractivity contribution in [2.75, 3.05) is 49.5 Å². The van der Waals surface area contributed by atoms with Gasteiger partial charge in [0.2, 0.25) is 0 Å². The minimum Gasteiger partial charge on any atom is -0.491 e. The summed E-state index contributed by atoms with van der Waals surface area (Å²) < 4.78 is 5.69. The Morgan fingerprint density at radius 3 is 2.43 bits per heavy atom. The maximum absolute atomic E-state index is 12.7. The van der Waals surface area contributed by atoms with Gasteiger partial charge in [0, 0.05) is 31.7 Å². The SMILES string of the molecule is CC(C)(C)c1ccc(C(=O)Nc2ccc(N3CCCN(CC(O)COc4ccccc4)CC3)nc2)cc1. The molecule has 0 bridgehead atoms. The van der Waals surface area contributed by atoms with Gasteiger partial charge in [0.1, 0.15) is 24.3 Å². The fraction of sp³-hybridized carbons (Fsp3) is 0.400. The first-order valence-corrected chi connectivity index (χ1v) is 13.0. The van der Waals surface area contributed by atoms with Gasteiger partial charge < -0.3 is 20.1 Å². The van der Waals surface area contributed by atoms with E-state index in [0.717, 1.165) is 44.2 Å². The number of amides is 1. The van der Waals surface area contributed by atoms with E-state index in [1.165, 1.54) is 5.56 Å². The first-order valence-electron chi connectivity index (χ1n) is 13.0. The summed E-state index contributed by atoms with van der Waals surface area (Å²) in [6.45, 7) is 10.8. The molecule has 0 saturated carbocycles. The summed E-state index contributed by atoms with van der Waals surface area (Å²) in [5.41, 5.74) is 2.55. The third-order valence-electron chi connectivity index (χ3n) is 6.59. The number of para-hydroxylation sites is 1. The lowest BCUT2D eigenvalue weighted by Crippen LogP contribution is -2.38. The average molecular weight is 503 g/mol. The molecule has 2 heterocycles. The zero-order valence-electron chi connectivity index (χ0n) is 22.1. The molecule has 1 aliphatic rings. The molecule has 0 radical (unpaired) electrons. The number of aromatic nitrogens is 1. The number of aliphatic hydroxyl groups excluding tert-OH is 1. The number of ether oxygens (including phenoxy) is 1. The number of carbonyl (C=O) groups is 1. The van der Waals surface area contributed by atoms with E-state index < -0.39 is 6.10 Å². The molecule has 0 spiro atoms. The predicted molar refractivity (Wildman–Crippen MR) is 149 cm³/mol. The van der Waals surface area contributed by atoms with Crippen molar-refractivity contribution in [1.29, 1.82) is 0 Å². The smallest absolute Gasteiger partial charge is 0.255 e. The highest BCUT2D eigenvalue weighted by Gasteiger charge is 2.19. The van der Waals surface area contributed by atoms with Crippen LogP contribution in [0, 0.1) is 0 Å². The lowest BCUT2D eigenvalue weighted by atomic mass is 9.87. The van der Waals surface area contributed by atoms with Gasteiger partial charge in [0.15, 0.2) is 0 Å². The Morgan fingerprint density at radius 1 is 1.00 bits per heavy atom. The zero-order valence-corrected chi connectivity index (χ0v) is 22.1. The van der Waals surface area contributed by atoms with E-state index in [0.29, 0.717) is 17.8 Å². The Bertz CT molecular complexity index is 1130. The maximum Gasteiger partial charge on any atom is 0.255 e. The highest BCUT2D eigenvalue weighted by Crippen LogP contribution is 2.23. The average Bonchev–Trinajstić information content (AvgIpc) is 3.13. The normalized spacial score (nSPS) is 15.6. The van der Waals surface area contributed by atoms with E-state index in [-0.39, 0.29) is 17.9 Å². The Morgan fingerprint density at radius 2 is 1.76 bits per heavy atom. The van der Waals surface area contributed by atoms with Crippen molar-refractivity contribution in [3.8, 4) is 5.75 Å². The molecule has 2 aromatic carbocycles. The Labute approximate surface area is 220 Å². The number of benzene rings is 2. The number of aliphatic hydroxyl groups is 1. The number of β-amino-alcohol motifs (C(OH)–C–C–N with tert-alkyl or cyclic N) is 1. The van der Waals surface area contributed by atoms with Crippen molar-refractivity contribution in [2.24, 2.45) is 0 Å². The summed E-state index contributed by atoms with van der Waals surface area (Å²) in [4.78, 5) is 21.8. The molecule has 2 N–H and O–H groups in total. The number of nitrogens with one attached hydrogen (secondary N) is 1. The lowest BCUT2D eigenvalue weighted by Gasteiger charge is -2.24. The largest absolute Gasteiger partial charge is 0.491 e. The van der Waals surface area contributed by atoms with Crippen LogP contribution in [0.1, 0.15) is 43.1 Å². The van der Waals surface area contributed by atoms with Gasteiger partial charge in [0.25, 0.3) is 5.91 Å². The Balaban J connectivity index is 1.25. The van der Waals surface area contributed by atoms with Crippen LogP contribution in [0.3, 0.4) is 0 Å². The molecule has 37 heavy (non-hydrogen) atoms. The summed E-state index contributed by atoms with van der Waals surface area (Å²) in [6.07, 6.45) is 2.15. The van der Waals surface area contributed by atoms with Crippen LogP contribution in [0.25, 0.3) is 0 Å². The fourth-order valence-electron chi connectivity index (χ4n) is 4.41. The summed E-state index contributed by atoms with van der Waals surface area (Å²) in [7, 11) is 0. The molecule has 1 amide bonds. The number of pyridine rings is 1. The van der Waals surface area contributed by atoms with Crippen LogP contribution in [0.4, 0.5) is 11.5 Å². The molecule has 4 rings (SSSR count). The van der Waals surface area contributed by atoms with E-state index in [2.05, 4.69) is 40.9 Å². The van der Waals surface area contributed by atoms with Crippen LogP contribution in [-0.2, 0) is 5.41 Å². The van der Waals surface area contributed by atoms with Gasteiger partial charge >= 0.3 is 0 Å². The molecule has 1 saturated heterocycles. The van der Waals surface area contributed by atoms with Crippen molar-refractivity contribution in [3.05, 3.63) is 84.1 Å². The highest BCUT2D eigenvalue weighted by atomic mass is 16.5. The van der Waals surface area contributed by atoms with E-state index in [1.54, 1.807) is 6.20 Å². The quantitative estimate of drug-likeness (QED) is 0.469. The van der Waals surface area contributed by atoms with Gasteiger partial charge in [-0.3, -0.25) is 9.69 Å². The number of nitrogens with zero attached hydrogens (tertiary/aromatic N) is 3. The Hall–Kier alpha value is -3.42. The van der Waals surface area contributed by atoms with Crippen molar-refractivity contribution in [1.82, 2.24) is 9.88 Å². The molecule has 1 aromatic heterocycles. The van der Waals surface area contributed by atoms with Crippen LogP contribution >= 0.6 is 0 Å². The molecule has 3 aromatic rings. The Kier molecular flexibility index (Phi) is 8.79. The molecule has 196 valence electrons. The van der Waals surface area contributed by atoms with Crippen molar-refractivity contribution in [3.63, 3.8) is 0 Å². The molecule has 0 aliphatic carbocycles. The van der Waals surface area contributed by atoms with Crippen LogP contribution < -0.4 is 15.0 Å². The second-order valence-corrected chi connectivity index (χ2v) is 10.6. The highest BCUT2D eigenvalue weighted by molar-refractivity contribution is 6.04. The summed E-state index contributed by atoms with van der Waals surface area (Å²) in [5, 5.41) is 13.4. The first-order chi connectivity index (χ1) is 17.8. The molecule has 1 fully saturated rings. The standard InChI is InChI=1S/C30H38N4O3/c1-30(2,3)24-12-10-23(11-13-24)29(36)32-25-14-15-28(31-20-25)34-17-7-16-33(18-19-34)21-26(35)22-37-27-8-5-4-6-9-27/h4-6,8-15,20,26,35H,7,16-19,21-22H2,1-3H3,(H,32,36). The number of carbonyl (C=O) groups excluding carboxylic acids is 1. The van der Waals surface area contributed by atoms with Crippen LogP contribution in [0.15, 0.2) is 72.9 Å². The maximum atomic E-state index is 12.7. The molecular weight excluding hydrogens is 464 g/mol. The second kappa shape index (κ2) is 12.2. The topological polar surface area (TPSA) is 77.9 Å². The van der Waals surface area contributed by atoms with Gasteiger partial charge in [-0.25, -0.2) is 4.98 Å². The van der Waals surface area contributed by atoms with Crippen LogP contribution in [0.5, 0.6) is 5.75 Å². The van der Waals surface area contributed by atoms with Crippen molar-refractivity contribution in [2.45, 2.75) is 38.7 Å². The van der Waals surface area contributed by atoms with Crippen molar-refractivity contribution >= 4 is 17.4 Å². The molecule has 1 unspecified atom stereocenters. The van der Waals surface area contributed by atoms with Crippen molar-refractivity contribution < 1.29 is 14.6 Å². The lowest BCUT2D eigenvalue weighted by molar-refractivity contribution is 0.0705. The second-order valence-electron chi connectivity index (χ2n) is 10.6. The minimum atomic E-state index is -0.544. The molecular formula is C30H38N4O3. The van der Waals surface area contributed by atoms with E-state index in [1.807, 2.05) is 66.7 Å². The predicted octanol–water partition coefficient (Wildman–Crippen LogP) is 4.58. The van der Waals surface area contributed by atoms with Gasteiger partial charge in [-0.05, 0) is 60.3 Å². The number of anilines is 2. The monoisotopic (exact) mass is 502 g/mol. The van der Waals surface area contributed by atoms with Crippen LogP contribution in [-0.4, -0.2) is 66.3 Å². The summed E-state index contributed by atoms with van der Waals surface area (Å²) in [5.74, 6) is 1.52. The first kappa shape index (κ1) is 26.6. The van der Waals surface area contributed by atoms with E-state index in [9.17, 15) is 9.90 Å². The van der Waals surface area contributed by atoms with E-state index >= 15 is 0 Å². The number of hydrogen-bond donors (Lipinski definition) is 2. The third kappa shape index (κ3) is 7.78. The molecule has 7 nitrogen and oxygen atoms in total. The van der Waals surface area contributed by atoms with Gasteiger partial charge in [-0.2, -0.15) is 0 Å². The molecule has 1 atom stereocenters. The molecule has 7 heteroatoms. The molecule has 1 aliphatic heterocycles. The number of hydrogen-bond acceptors (Lipinski definition) is 6. The van der Waals surface area contributed by atoms with Crippen LogP contribution in [0.2, 0.25) is 0 Å². The zero-order chi connectivity index (χ0) is 26.3. The fourth-order valence-corrected chi connectivity index (χ4v) is 4.41.